The van der Waals surface area contributed by atoms with E-state index in [1.165, 1.54) is 4.90 Å². The molecule has 8 nitrogen and oxygen atoms in total. The van der Waals surface area contributed by atoms with Crippen LogP contribution in [-0.2, 0) is 20.6 Å². The van der Waals surface area contributed by atoms with E-state index in [0.29, 0.717) is 6.20 Å². The standard InChI is InChI=1S/C26H26ClF3N4O4/c1-33-21(12-3-5-14(37-2)6-4-12)20-15-10-16(22(20)38-33)19-18(15)24(35)34(25(19)36)8-7-31-23-17(27)9-13(11-32-23)26(28,29)30/h3-6,9,11,15-16,18-22H,7-8,10H2,1-2H3,(H,31,32)/t15-,16-,18-,19-,20+,21+,22+/m1/s1. The van der Waals surface area contributed by atoms with Crippen molar-refractivity contribution in [3.05, 3.63) is 52.7 Å². The van der Waals surface area contributed by atoms with Crippen LogP contribution in [0.15, 0.2) is 36.5 Å². The Morgan fingerprint density at radius 3 is 2.47 bits per heavy atom. The van der Waals surface area contributed by atoms with Gasteiger partial charge < -0.3 is 10.1 Å². The first-order valence-corrected chi connectivity index (χ1v) is 12.8. The number of carbonyl (C=O) groups excluding carboxylic acids is 2. The second-order valence-electron chi connectivity index (χ2n) is 10.3. The van der Waals surface area contributed by atoms with Crippen LogP contribution in [0.3, 0.4) is 0 Å². The molecule has 3 heterocycles. The average molecular weight is 551 g/mol. The van der Waals surface area contributed by atoms with Gasteiger partial charge in [-0.15, -0.1) is 0 Å². The second-order valence-corrected chi connectivity index (χ2v) is 10.7. The van der Waals surface area contributed by atoms with Gasteiger partial charge in [0.1, 0.15) is 11.6 Å². The summed E-state index contributed by atoms with van der Waals surface area (Å²) in [6.45, 7) is 0.187. The van der Waals surface area contributed by atoms with E-state index in [-0.39, 0.29) is 65.6 Å². The lowest BCUT2D eigenvalue weighted by Crippen LogP contribution is -2.39. The Morgan fingerprint density at radius 2 is 1.84 bits per heavy atom. The van der Waals surface area contributed by atoms with Crippen molar-refractivity contribution in [1.29, 1.82) is 0 Å². The number of nitrogens with one attached hydrogen (secondary N) is 1. The quantitative estimate of drug-likeness (QED) is 0.544. The summed E-state index contributed by atoms with van der Waals surface area (Å²) in [5.41, 5.74) is 0.122. The van der Waals surface area contributed by atoms with E-state index in [9.17, 15) is 22.8 Å². The number of ether oxygens (including phenoxy) is 1. The Bertz CT molecular complexity index is 1280. The van der Waals surface area contributed by atoms with Crippen LogP contribution >= 0.6 is 11.6 Å². The Labute approximate surface area is 222 Å². The van der Waals surface area contributed by atoms with Crippen LogP contribution in [0.1, 0.15) is 23.6 Å². The summed E-state index contributed by atoms with van der Waals surface area (Å²) >= 11 is 5.96. The first-order valence-electron chi connectivity index (χ1n) is 12.5. The van der Waals surface area contributed by atoms with Crippen molar-refractivity contribution in [2.45, 2.75) is 24.7 Å². The summed E-state index contributed by atoms with van der Waals surface area (Å²) in [7, 11) is 3.51. The van der Waals surface area contributed by atoms with Crippen LogP contribution in [0.2, 0.25) is 5.02 Å². The summed E-state index contributed by atoms with van der Waals surface area (Å²) in [6.07, 6.45) is -3.22. The molecule has 38 heavy (non-hydrogen) atoms. The fourth-order valence-electron chi connectivity index (χ4n) is 7.07. The summed E-state index contributed by atoms with van der Waals surface area (Å²) in [4.78, 5) is 38.1. The van der Waals surface area contributed by atoms with E-state index in [4.69, 9.17) is 21.2 Å². The van der Waals surface area contributed by atoms with E-state index in [1.807, 2.05) is 36.4 Å². The maximum absolute atomic E-state index is 13.5. The van der Waals surface area contributed by atoms with Gasteiger partial charge in [0.05, 0.1) is 41.7 Å². The Balaban J connectivity index is 1.15. The number of anilines is 1. The maximum Gasteiger partial charge on any atom is 0.417 e. The molecule has 2 bridgehead atoms. The molecule has 2 amide bonds. The predicted molar refractivity (Wildman–Crippen MR) is 130 cm³/mol. The molecule has 0 spiro atoms. The van der Waals surface area contributed by atoms with E-state index < -0.39 is 23.6 Å². The first kappa shape index (κ1) is 25.4. The molecule has 2 aliphatic heterocycles. The number of methoxy groups -OCH3 is 1. The molecule has 2 saturated carbocycles. The van der Waals surface area contributed by atoms with Crippen LogP contribution in [0.4, 0.5) is 19.0 Å². The predicted octanol–water partition coefficient (Wildman–Crippen LogP) is 4.03. The normalized spacial score (nSPS) is 32.2. The van der Waals surface area contributed by atoms with Gasteiger partial charge in [0.25, 0.3) is 0 Å². The van der Waals surface area contributed by atoms with Crippen LogP contribution in [-0.4, -0.2) is 60.1 Å². The molecule has 12 heteroatoms. The highest BCUT2D eigenvalue weighted by Gasteiger charge is 2.71. The third-order valence-corrected chi connectivity index (χ3v) is 8.84. The lowest BCUT2D eigenvalue weighted by Gasteiger charge is -2.32. The molecular formula is C26H26ClF3N4O4. The molecule has 4 aliphatic rings. The third-order valence-electron chi connectivity index (χ3n) is 8.55. The van der Waals surface area contributed by atoms with E-state index in [0.717, 1.165) is 23.8 Å². The monoisotopic (exact) mass is 550 g/mol. The molecule has 202 valence electrons. The average Bonchev–Trinajstić information content (AvgIpc) is 3.59. The second kappa shape index (κ2) is 9.10. The number of nitrogens with zero attached hydrogens (tertiary/aromatic N) is 3. The number of fused-ring (bicyclic) bond motifs is 8. The highest BCUT2D eigenvalue weighted by Crippen LogP contribution is 2.65. The summed E-state index contributed by atoms with van der Waals surface area (Å²) in [6, 6.07) is 8.59. The minimum atomic E-state index is -4.55. The number of benzene rings is 1. The first-order chi connectivity index (χ1) is 18.1. The Morgan fingerprint density at radius 1 is 1.16 bits per heavy atom. The van der Waals surface area contributed by atoms with E-state index >= 15 is 0 Å². The largest absolute Gasteiger partial charge is 0.497 e. The number of likely N-dealkylation sites (tertiary alicyclic amines) is 1. The molecule has 1 aromatic heterocycles. The van der Waals surface area contributed by atoms with Gasteiger partial charge in [-0.25, -0.2) is 4.98 Å². The number of aromatic nitrogens is 1. The third kappa shape index (κ3) is 3.85. The lowest BCUT2D eigenvalue weighted by molar-refractivity contribution is -0.164. The lowest BCUT2D eigenvalue weighted by atomic mass is 9.70. The van der Waals surface area contributed by atoms with Crippen LogP contribution in [0.25, 0.3) is 0 Å². The van der Waals surface area contributed by atoms with Gasteiger partial charge in [0.15, 0.2) is 0 Å². The van der Waals surface area contributed by atoms with Gasteiger partial charge in [-0.3, -0.25) is 19.3 Å². The van der Waals surface area contributed by atoms with Crippen molar-refractivity contribution in [1.82, 2.24) is 14.9 Å². The van der Waals surface area contributed by atoms with Gasteiger partial charge >= 0.3 is 6.18 Å². The van der Waals surface area contributed by atoms with Crippen LogP contribution < -0.4 is 10.1 Å². The van der Waals surface area contributed by atoms with E-state index in [2.05, 4.69) is 10.3 Å². The molecule has 2 saturated heterocycles. The number of rotatable bonds is 6. The smallest absolute Gasteiger partial charge is 0.417 e. The van der Waals surface area contributed by atoms with Gasteiger partial charge in [0, 0.05) is 38.2 Å². The molecule has 1 aromatic carbocycles. The fourth-order valence-corrected chi connectivity index (χ4v) is 7.30. The summed E-state index contributed by atoms with van der Waals surface area (Å²) < 4.78 is 43.9. The maximum atomic E-state index is 13.5. The summed E-state index contributed by atoms with van der Waals surface area (Å²) in [5.74, 6) is -0.318. The molecule has 2 aliphatic carbocycles. The van der Waals surface area contributed by atoms with Gasteiger partial charge in [0.2, 0.25) is 11.8 Å². The zero-order chi connectivity index (χ0) is 26.9. The van der Waals surface area contributed by atoms with Crippen molar-refractivity contribution < 1.29 is 32.3 Å². The number of pyridine rings is 1. The Hall–Kier alpha value is -2.89. The molecular weight excluding hydrogens is 525 g/mol. The highest BCUT2D eigenvalue weighted by atomic mass is 35.5. The number of alkyl halides is 3. The van der Waals surface area contributed by atoms with Crippen molar-refractivity contribution >= 4 is 29.2 Å². The number of carbonyl (C=O) groups is 2. The molecule has 0 unspecified atom stereocenters. The zero-order valence-corrected chi connectivity index (χ0v) is 21.4. The number of hydroxylamine groups is 2. The molecule has 2 aromatic rings. The highest BCUT2D eigenvalue weighted by molar-refractivity contribution is 6.33. The van der Waals surface area contributed by atoms with Gasteiger partial charge in [-0.1, -0.05) is 23.7 Å². The Kier molecular flexibility index (Phi) is 6.08. The number of amides is 2. The van der Waals surface area contributed by atoms with Crippen molar-refractivity contribution in [3.63, 3.8) is 0 Å². The van der Waals surface area contributed by atoms with Crippen molar-refractivity contribution in [2.24, 2.45) is 29.6 Å². The number of halogens is 4. The zero-order valence-electron chi connectivity index (χ0n) is 20.6. The number of hydrogen-bond acceptors (Lipinski definition) is 7. The number of imide groups is 1. The topological polar surface area (TPSA) is 84.0 Å². The van der Waals surface area contributed by atoms with Crippen LogP contribution in [0, 0.1) is 29.6 Å². The van der Waals surface area contributed by atoms with Gasteiger partial charge in [-0.2, -0.15) is 18.2 Å². The minimum Gasteiger partial charge on any atom is -0.497 e. The molecule has 6 rings (SSSR count). The van der Waals surface area contributed by atoms with E-state index in [1.54, 1.807) is 7.11 Å². The molecule has 1 N–H and O–H groups in total. The van der Waals surface area contributed by atoms with Crippen LogP contribution in [0.5, 0.6) is 5.75 Å². The summed E-state index contributed by atoms with van der Waals surface area (Å²) in [5, 5.41) is 4.52. The SMILES string of the molecule is COc1ccc([C@H]2[C@@H]3[C@@H]4C[C@@H]([C@@H]3ON2C)[C@H]2C(=O)N(CCNc3ncc(C(F)(F)F)cc3Cl)C(=O)[C@H]42)cc1. The molecule has 4 fully saturated rings. The van der Waals surface area contributed by atoms with Gasteiger partial charge in [-0.05, 0) is 36.1 Å². The minimum absolute atomic E-state index is 0.0208. The fraction of sp³-hybridized carbons (Fsp3) is 0.500. The number of hydrogen-bond donors (Lipinski definition) is 1. The van der Waals surface area contributed by atoms with Crippen molar-refractivity contribution in [2.75, 3.05) is 32.6 Å². The molecule has 7 atom stereocenters. The molecule has 0 radical (unpaired) electrons. The van der Waals surface area contributed by atoms with Crippen molar-refractivity contribution in [3.8, 4) is 5.75 Å².